The molecule has 0 radical (unpaired) electrons. The molecule has 1 heterocycles. The van der Waals surface area contributed by atoms with Crippen molar-refractivity contribution in [2.75, 3.05) is 0 Å². The van der Waals surface area contributed by atoms with Crippen LogP contribution in [0.3, 0.4) is 0 Å². The predicted molar refractivity (Wildman–Crippen MR) is 89.1 cm³/mol. The van der Waals surface area contributed by atoms with Crippen LogP contribution in [0.5, 0.6) is 0 Å². The Morgan fingerprint density at radius 1 is 1.24 bits per heavy atom. The fourth-order valence-corrected chi connectivity index (χ4v) is 3.76. The number of nitrogens with zero attached hydrogens (tertiary/aromatic N) is 1. The molecule has 1 N–H and O–H groups in total. The van der Waals surface area contributed by atoms with E-state index < -0.39 is 0 Å². The minimum atomic E-state index is 0.0534. The average Bonchev–Trinajstić information content (AvgIpc) is 2.79. The molecule has 0 atom stereocenters. The summed E-state index contributed by atoms with van der Waals surface area (Å²) in [5, 5.41) is 0.845. The number of fused-ring (bicyclic) bond motifs is 1. The summed E-state index contributed by atoms with van der Waals surface area (Å²) in [5.41, 5.74) is 3.90. The van der Waals surface area contributed by atoms with E-state index in [2.05, 4.69) is 45.0 Å². The smallest absolute Gasteiger partial charge is 0.171 e. The van der Waals surface area contributed by atoms with Crippen molar-refractivity contribution in [3.8, 4) is 0 Å². The Balaban J connectivity index is 1.91. The molecule has 0 aliphatic heterocycles. The third kappa shape index (κ3) is 3.04. The molecular weight excluding hydrogens is 348 g/mol. The van der Waals surface area contributed by atoms with Crippen LogP contribution in [0.4, 0.5) is 0 Å². The van der Waals surface area contributed by atoms with Crippen LogP contribution < -0.4 is 0 Å². The second-order valence-corrected chi connectivity index (χ2v) is 6.78. The molecule has 0 aliphatic rings. The number of H-pyrrole nitrogens is 1. The van der Waals surface area contributed by atoms with E-state index in [9.17, 15) is 4.79 Å². The number of aryl methyl sites for hydroxylation is 1. The second-order valence-electron chi connectivity index (χ2n) is 4.86. The molecule has 3 nitrogen and oxygen atoms in total. The summed E-state index contributed by atoms with van der Waals surface area (Å²) >= 11 is 4.99. The van der Waals surface area contributed by atoms with Gasteiger partial charge in [-0.1, -0.05) is 33.8 Å². The number of rotatable bonds is 3. The normalized spacial score (nSPS) is 11.0. The number of hydrogen-bond donors (Lipinski definition) is 1. The van der Waals surface area contributed by atoms with Crippen LogP contribution in [0.15, 0.2) is 50.9 Å². The van der Waals surface area contributed by atoms with Gasteiger partial charge in [0.1, 0.15) is 0 Å². The zero-order chi connectivity index (χ0) is 15.0. The summed E-state index contributed by atoms with van der Waals surface area (Å²) < 4.78 is 0.812. The van der Waals surface area contributed by atoms with E-state index in [1.807, 2.05) is 24.3 Å². The van der Waals surface area contributed by atoms with Gasteiger partial charge < -0.3 is 4.98 Å². The molecule has 0 aliphatic carbocycles. The van der Waals surface area contributed by atoms with Crippen molar-refractivity contribution < 1.29 is 4.79 Å². The van der Waals surface area contributed by atoms with Crippen LogP contribution in [-0.4, -0.2) is 15.8 Å². The first-order valence-corrected chi connectivity index (χ1v) is 8.08. The standard InChI is InChI=1S/C16H13BrN2OS/c1-9-3-6-14-15(7-9)19-16(18-14)21-11-4-5-12(10(2)20)13(17)8-11/h3-8H,1-2H3,(H,18,19). The number of nitrogens with one attached hydrogen (secondary N) is 1. The van der Waals surface area contributed by atoms with Crippen LogP contribution in [0, 0.1) is 6.92 Å². The fraction of sp³-hybridized carbons (Fsp3) is 0.125. The van der Waals surface area contributed by atoms with Crippen LogP contribution in [0.1, 0.15) is 22.8 Å². The van der Waals surface area contributed by atoms with Crippen LogP contribution in [0.2, 0.25) is 0 Å². The Bertz CT molecular complexity index is 841. The minimum absolute atomic E-state index is 0.0534. The number of carbonyl (C=O) groups excluding carboxylic acids is 1. The molecule has 0 saturated carbocycles. The molecule has 0 bridgehead atoms. The summed E-state index contributed by atoms with van der Waals surface area (Å²) in [5.74, 6) is 0.0534. The molecular formula is C16H13BrN2OS. The van der Waals surface area contributed by atoms with E-state index in [0.29, 0.717) is 5.56 Å². The van der Waals surface area contributed by atoms with Crippen molar-refractivity contribution >= 4 is 44.5 Å². The van der Waals surface area contributed by atoms with Gasteiger partial charge in [0.15, 0.2) is 10.9 Å². The number of halogens is 1. The Hall–Kier alpha value is -1.59. The SMILES string of the molecule is CC(=O)c1ccc(Sc2nc3ccc(C)cc3[nH]2)cc1Br. The number of imidazole rings is 1. The van der Waals surface area contributed by atoms with Gasteiger partial charge in [0.2, 0.25) is 0 Å². The van der Waals surface area contributed by atoms with Gasteiger partial charge in [0, 0.05) is 14.9 Å². The molecule has 0 spiro atoms. The highest BCUT2D eigenvalue weighted by Gasteiger charge is 2.09. The van der Waals surface area contributed by atoms with Gasteiger partial charge in [-0.2, -0.15) is 0 Å². The maximum absolute atomic E-state index is 11.4. The summed E-state index contributed by atoms with van der Waals surface area (Å²) in [4.78, 5) is 20.3. The third-order valence-corrected chi connectivity index (χ3v) is 4.68. The highest BCUT2D eigenvalue weighted by molar-refractivity contribution is 9.10. The molecule has 5 heteroatoms. The van der Waals surface area contributed by atoms with Crippen molar-refractivity contribution in [1.82, 2.24) is 9.97 Å². The molecule has 0 unspecified atom stereocenters. The third-order valence-electron chi connectivity index (χ3n) is 3.15. The van der Waals surface area contributed by atoms with Gasteiger partial charge in [-0.15, -0.1) is 0 Å². The van der Waals surface area contributed by atoms with E-state index in [4.69, 9.17) is 0 Å². The number of Topliss-reactive ketones (excluding diaryl/α,β-unsaturated/α-hetero) is 1. The van der Waals surface area contributed by atoms with E-state index in [-0.39, 0.29) is 5.78 Å². The molecule has 3 aromatic rings. The molecule has 106 valence electrons. The van der Waals surface area contributed by atoms with Crippen LogP contribution in [0.25, 0.3) is 11.0 Å². The van der Waals surface area contributed by atoms with Crippen molar-refractivity contribution in [3.63, 3.8) is 0 Å². The lowest BCUT2D eigenvalue weighted by Crippen LogP contribution is -1.93. The largest absolute Gasteiger partial charge is 0.333 e. The Morgan fingerprint density at radius 2 is 2.05 bits per heavy atom. The van der Waals surface area contributed by atoms with E-state index in [1.165, 1.54) is 5.56 Å². The molecule has 1 aromatic heterocycles. The molecule has 0 amide bonds. The first-order valence-electron chi connectivity index (χ1n) is 6.47. The molecule has 0 saturated heterocycles. The van der Waals surface area contributed by atoms with Gasteiger partial charge in [0.25, 0.3) is 0 Å². The average molecular weight is 361 g/mol. The number of aromatic nitrogens is 2. The van der Waals surface area contributed by atoms with E-state index in [1.54, 1.807) is 18.7 Å². The number of benzene rings is 2. The Labute approximate surface area is 135 Å². The number of carbonyl (C=O) groups is 1. The summed E-state index contributed by atoms with van der Waals surface area (Å²) in [6.07, 6.45) is 0. The number of ketones is 1. The zero-order valence-electron chi connectivity index (χ0n) is 11.6. The van der Waals surface area contributed by atoms with Gasteiger partial charge in [0.05, 0.1) is 11.0 Å². The minimum Gasteiger partial charge on any atom is -0.333 e. The Kier molecular flexibility index (Phi) is 3.87. The maximum atomic E-state index is 11.4. The van der Waals surface area contributed by atoms with Crippen LogP contribution in [-0.2, 0) is 0 Å². The molecule has 2 aromatic carbocycles. The van der Waals surface area contributed by atoms with E-state index >= 15 is 0 Å². The van der Waals surface area contributed by atoms with Crippen molar-refractivity contribution in [3.05, 3.63) is 52.0 Å². The van der Waals surface area contributed by atoms with Gasteiger partial charge >= 0.3 is 0 Å². The summed E-state index contributed by atoms with van der Waals surface area (Å²) in [6, 6.07) is 11.9. The summed E-state index contributed by atoms with van der Waals surface area (Å²) in [6.45, 7) is 3.62. The lowest BCUT2D eigenvalue weighted by molar-refractivity contribution is 0.101. The fourth-order valence-electron chi connectivity index (χ4n) is 2.10. The molecule has 0 fully saturated rings. The monoisotopic (exact) mass is 360 g/mol. The number of hydrogen-bond acceptors (Lipinski definition) is 3. The van der Waals surface area contributed by atoms with Crippen molar-refractivity contribution in [2.45, 2.75) is 23.9 Å². The molecule has 21 heavy (non-hydrogen) atoms. The highest BCUT2D eigenvalue weighted by atomic mass is 79.9. The van der Waals surface area contributed by atoms with Gasteiger partial charge in [-0.3, -0.25) is 4.79 Å². The first-order chi connectivity index (χ1) is 10.0. The van der Waals surface area contributed by atoms with E-state index in [0.717, 1.165) is 25.6 Å². The second kappa shape index (κ2) is 5.66. The maximum Gasteiger partial charge on any atom is 0.171 e. The van der Waals surface area contributed by atoms with Crippen molar-refractivity contribution in [2.24, 2.45) is 0 Å². The first kappa shape index (κ1) is 14.4. The quantitative estimate of drug-likeness (QED) is 0.669. The predicted octanol–water partition coefficient (Wildman–Crippen LogP) is 4.99. The topological polar surface area (TPSA) is 45.8 Å². The number of aromatic amines is 1. The molecule has 3 rings (SSSR count). The van der Waals surface area contributed by atoms with Gasteiger partial charge in [-0.25, -0.2) is 4.98 Å². The van der Waals surface area contributed by atoms with Crippen molar-refractivity contribution in [1.29, 1.82) is 0 Å². The lowest BCUT2D eigenvalue weighted by Gasteiger charge is -2.03. The van der Waals surface area contributed by atoms with Gasteiger partial charge in [-0.05, 0) is 49.7 Å². The lowest BCUT2D eigenvalue weighted by atomic mass is 10.2. The zero-order valence-corrected chi connectivity index (χ0v) is 14.0. The Morgan fingerprint density at radius 3 is 2.76 bits per heavy atom. The van der Waals surface area contributed by atoms with Crippen LogP contribution >= 0.6 is 27.7 Å². The highest BCUT2D eigenvalue weighted by Crippen LogP contribution is 2.31. The summed E-state index contributed by atoms with van der Waals surface area (Å²) in [7, 11) is 0.